The molecular weight excluding hydrogens is 364 g/mol. The van der Waals surface area contributed by atoms with E-state index in [1.54, 1.807) is 18.2 Å². The predicted molar refractivity (Wildman–Crippen MR) is 104 cm³/mol. The smallest absolute Gasteiger partial charge is 0.314 e. The third kappa shape index (κ3) is 5.26. The van der Waals surface area contributed by atoms with Crippen LogP contribution in [-0.2, 0) is 6.42 Å². The Kier molecular flexibility index (Phi) is 6.50. The zero-order valence-corrected chi connectivity index (χ0v) is 15.3. The van der Waals surface area contributed by atoms with Crippen LogP contribution >= 0.6 is 0 Å². The van der Waals surface area contributed by atoms with Crippen LogP contribution in [0.15, 0.2) is 42.5 Å². The molecule has 1 aliphatic heterocycles. The summed E-state index contributed by atoms with van der Waals surface area (Å²) in [6, 6.07) is 11.8. The number of carbonyl (C=O) groups excluding carboxylic acids is 1. The topological polar surface area (TPSA) is 115 Å². The van der Waals surface area contributed by atoms with Crippen molar-refractivity contribution < 1.29 is 19.2 Å². The first-order chi connectivity index (χ1) is 13.6. The lowest BCUT2D eigenvalue weighted by Crippen LogP contribution is -2.38. The fourth-order valence-corrected chi connectivity index (χ4v) is 2.78. The molecule has 148 valence electrons. The molecule has 1 aliphatic rings. The number of nitro groups is 1. The molecule has 28 heavy (non-hydrogen) atoms. The molecule has 9 nitrogen and oxygen atoms in total. The Morgan fingerprint density at radius 2 is 1.75 bits per heavy atom. The minimum absolute atomic E-state index is 0.00591. The summed E-state index contributed by atoms with van der Waals surface area (Å²) in [5, 5.41) is 19.4. The number of amides is 2. The fraction of sp³-hybridized carbons (Fsp3) is 0.316. The second-order valence-corrected chi connectivity index (χ2v) is 6.11. The van der Waals surface area contributed by atoms with Crippen molar-refractivity contribution >= 4 is 17.4 Å². The van der Waals surface area contributed by atoms with Gasteiger partial charge in [-0.3, -0.25) is 10.1 Å². The van der Waals surface area contributed by atoms with E-state index in [1.807, 2.05) is 18.2 Å². The Hall–Kier alpha value is -3.49. The average Bonchev–Trinajstić information content (AvgIpc) is 2.71. The molecule has 0 radical (unpaired) electrons. The van der Waals surface area contributed by atoms with E-state index in [0.29, 0.717) is 45.0 Å². The van der Waals surface area contributed by atoms with Crippen molar-refractivity contribution in [2.45, 2.75) is 6.42 Å². The van der Waals surface area contributed by atoms with Gasteiger partial charge in [0.15, 0.2) is 11.5 Å². The highest BCUT2D eigenvalue weighted by molar-refractivity contribution is 5.73. The van der Waals surface area contributed by atoms with Gasteiger partial charge in [-0.1, -0.05) is 18.2 Å². The molecular formula is C19H22N4O5. The van der Waals surface area contributed by atoms with Crippen molar-refractivity contribution in [2.75, 3.05) is 38.2 Å². The first-order valence-corrected chi connectivity index (χ1v) is 9.01. The number of para-hydroxylation sites is 2. The first-order valence-electron chi connectivity index (χ1n) is 9.01. The number of carbonyl (C=O) groups is 1. The molecule has 0 bridgehead atoms. The summed E-state index contributed by atoms with van der Waals surface area (Å²) in [6.45, 7) is 2.28. The molecule has 0 saturated heterocycles. The van der Waals surface area contributed by atoms with Gasteiger partial charge in [0.25, 0.3) is 5.69 Å². The van der Waals surface area contributed by atoms with Gasteiger partial charge < -0.3 is 25.4 Å². The van der Waals surface area contributed by atoms with Crippen LogP contribution in [0, 0.1) is 10.1 Å². The normalized spacial score (nSPS) is 12.1. The molecule has 0 spiro atoms. The number of hydrogen-bond donors (Lipinski definition) is 3. The summed E-state index contributed by atoms with van der Waals surface area (Å²) < 4.78 is 11.0. The number of nitro benzene ring substituents is 1. The number of rotatable bonds is 8. The second kappa shape index (κ2) is 9.45. The van der Waals surface area contributed by atoms with Crippen LogP contribution in [0.5, 0.6) is 11.5 Å². The molecule has 0 atom stereocenters. The monoisotopic (exact) mass is 386 g/mol. The summed E-state index contributed by atoms with van der Waals surface area (Å²) >= 11 is 0. The minimum Gasteiger partial charge on any atom is -0.486 e. The molecule has 3 rings (SSSR count). The molecule has 0 saturated carbocycles. The molecule has 2 aromatic carbocycles. The Labute approximate surface area is 162 Å². The van der Waals surface area contributed by atoms with Crippen LogP contribution < -0.4 is 25.4 Å². The highest BCUT2D eigenvalue weighted by atomic mass is 16.6. The number of nitrogens with zero attached hydrogens (tertiary/aromatic N) is 1. The lowest BCUT2D eigenvalue weighted by molar-refractivity contribution is -0.384. The van der Waals surface area contributed by atoms with Crippen molar-refractivity contribution in [1.29, 1.82) is 0 Å². The Morgan fingerprint density at radius 3 is 2.57 bits per heavy atom. The maximum Gasteiger partial charge on any atom is 0.314 e. The molecule has 0 unspecified atom stereocenters. The van der Waals surface area contributed by atoms with Crippen LogP contribution in [0.25, 0.3) is 0 Å². The predicted octanol–water partition coefficient (Wildman–Crippen LogP) is 2.32. The molecule has 3 N–H and O–H groups in total. The highest BCUT2D eigenvalue weighted by Gasteiger charge is 2.12. The molecule has 0 aliphatic carbocycles. The highest BCUT2D eigenvalue weighted by Crippen LogP contribution is 2.30. The standard InChI is InChI=1S/C19H22N4O5/c24-19(22-10-9-20-15-3-1-2-4-16(15)23(25)26)21-8-7-14-5-6-17-18(13-14)28-12-11-27-17/h1-6,13,20H,7-12H2,(H2,21,22,24). The SMILES string of the molecule is O=C(NCCNc1ccccc1[N+](=O)[O-])NCCc1ccc2c(c1)OCCO2. The van der Waals surface area contributed by atoms with Crippen molar-refractivity contribution in [3.05, 3.63) is 58.1 Å². The van der Waals surface area contributed by atoms with E-state index in [4.69, 9.17) is 9.47 Å². The second-order valence-electron chi connectivity index (χ2n) is 6.11. The van der Waals surface area contributed by atoms with Gasteiger partial charge in [0.2, 0.25) is 0 Å². The van der Waals surface area contributed by atoms with Gasteiger partial charge in [0, 0.05) is 25.7 Å². The third-order valence-corrected chi connectivity index (χ3v) is 4.13. The third-order valence-electron chi connectivity index (χ3n) is 4.13. The van der Waals surface area contributed by atoms with Gasteiger partial charge in [-0.25, -0.2) is 4.79 Å². The number of fused-ring (bicyclic) bond motifs is 1. The molecule has 9 heteroatoms. The van der Waals surface area contributed by atoms with Gasteiger partial charge in [-0.05, 0) is 30.2 Å². The van der Waals surface area contributed by atoms with Gasteiger partial charge in [0.1, 0.15) is 18.9 Å². The summed E-state index contributed by atoms with van der Waals surface area (Å²) in [7, 11) is 0. The largest absolute Gasteiger partial charge is 0.486 e. The van der Waals surface area contributed by atoms with E-state index >= 15 is 0 Å². The van der Waals surface area contributed by atoms with Crippen molar-refractivity contribution in [1.82, 2.24) is 10.6 Å². The van der Waals surface area contributed by atoms with Crippen molar-refractivity contribution in [3.63, 3.8) is 0 Å². The lowest BCUT2D eigenvalue weighted by atomic mass is 10.1. The summed E-state index contributed by atoms with van der Waals surface area (Å²) in [6.07, 6.45) is 0.665. The van der Waals surface area contributed by atoms with Crippen LogP contribution in [0.3, 0.4) is 0 Å². The Bertz CT molecular complexity index is 843. The number of benzene rings is 2. The first kappa shape index (κ1) is 19.3. The van der Waals surface area contributed by atoms with Crippen molar-refractivity contribution in [2.24, 2.45) is 0 Å². The molecule has 0 fully saturated rings. The Balaban J connectivity index is 1.35. The van der Waals surface area contributed by atoms with Gasteiger partial charge in [-0.15, -0.1) is 0 Å². The number of hydrogen-bond acceptors (Lipinski definition) is 6. The fourth-order valence-electron chi connectivity index (χ4n) is 2.78. The van der Waals surface area contributed by atoms with E-state index in [0.717, 1.165) is 17.1 Å². The zero-order valence-electron chi connectivity index (χ0n) is 15.3. The molecule has 0 aromatic heterocycles. The molecule has 2 aromatic rings. The maximum atomic E-state index is 11.8. The maximum absolute atomic E-state index is 11.8. The van der Waals surface area contributed by atoms with Crippen LogP contribution in [0.2, 0.25) is 0 Å². The van der Waals surface area contributed by atoms with Gasteiger partial charge in [-0.2, -0.15) is 0 Å². The Morgan fingerprint density at radius 1 is 1.00 bits per heavy atom. The summed E-state index contributed by atoms with van der Waals surface area (Å²) in [4.78, 5) is 22.4. The van der Waals surface area contributed by atoms with Crippen LogP contribution in [0.4, 0.5) is 16.2 Å². The zero-order chi connectivity index (χ0) is 19.8. The quantitative estimate of drug-likeness (QED) is 0.364. The molecule has 1 heterocycles. The van der Waals surface area contributed by atoms with Crippen LogP contribution in [-0.4, -0.2) is 43.8 Å². The number of nitrogens with one attached hydrogen (secondary N) is 3. The summed E-state index contributed by atoms with van der Waals surface area (Å²) in [5.41, 5.74) is 1.47. The number of anilines is 1. The number of ether oxygens (including phenoxy) is 2. The van der Waals surface area contributed by atoms with E-state index < -0.39 is 4.92 Å². The minimum atomic E-state index is -0.444. The van der Waals surface area contributed by atoms with E-state index in [2.05, 4.69) is 16.0 Å². The van der Waals surface area contributed by atoms with E-state index in [1.165, 1.54) is 6.07 Å². The molecule has 2 amide bonds. The van der Waals surface area contributed by atoms with E-state index in [-0.39, 0.29) is 11.7 Å². The average molecular weight is 386 g/mol. The van der Waals surface area contributed by atoms with Crippen molar-refractivity contribution in [3.8, 4) is 11.5 Å². The summed E-state index contributed by atoms with van der Waals surface area (Å²) in [5.74, 6) is 1.47. The number of urea groups is 1. The van der Waals surface area contributed by atoms with E-state index in [9.17, 15) is 14.9 Å². The lowest BCUT2D eigenvalue weighted by Gasteiger charge is -2.18. The van der Waals surface area contributed by atoms with Gasteiger partial charge >= 0.3 is 6.03 Å². The van der Waals surface area contributed by atoms with Gasteiger partial charge in [0.05, 0.1) is 4.92 Å². The van der Waals surface area contributed by atoms with Crippen LogP contribution in [0.1, 0.15) is 5.56 Å².